The number of aliphatic hydroxyl groups excluding tert-OH is 1. The van der Waals surface area contributed by atoms with E-state index in [1.807, 2.05) is 0 Å². The Bertz CT molecular complexity index is 218. The lowest BCUT2D eigenvalue weighted by atomic mass is 9.53. The van der Waals surface area contributed by atoms with Crippen LogP contribution >= 0.6 is 0 Å². The van der Waals surface area contributed by atoms with Crippen molar-refractivity contribution in [1.29, 1.82) is 0 Å². The van der Waals surface area contributed by atoms with E-state index < -0.39 is 0 Å². The van der Waals surface area contributed by atoms with E-state index in [1.54, 1.807) is 0 Å². The first-order valence-corrected chi connectivity index (χ1v) is 5.71. The van der Waals surface area contributed by atoms with Gasteiger partial charge in [0.05, 0.1) is 0 Å². The third-order valence-corrected chi connectivity index (χ3v) is 4.05. The molecule has 2 bridgehead atoms. The minimum Gasteiger partial charge on any atom is -0.396 e. The maximum absolute atomic E-state index is 9.51. The Balaban J connectivity index is 2.25. The Morgan fingerprint density at radius 1 is 1.00 bits per heavy atom. The van der Waals surface area contributed by atoms with E-state index in [9.17, 15) is 5.11 Å². The molecule has 1 saturated heterocycles. The van der Waals surface area contributed by atoms with Crippen molar-refractivity contribution in [2.45, 2.75) is 40.0 Å². The molecule has 0 spiro atoms. The van der Waals surface area contributed by atoms with Crippen molar-refractivity contribution >= 4 is 0 Å². The van der Waals surface area contributed by atoms with Gasteiger partial charge in [-0.15, -0.1) is 0 Å². The molecule has 2 fully saturated rings. The van der Waals surface area contributed by atoms with E-state index in [0.29, 0.717) is 17.4 Å². The van der Waals surface area contributed by atoms with Crippen molar-refractivity contribution in [2.75, 3.05) is 19.7 Å². The Labute approximate surface area is 87.1 Å². The second-order valence-electron chi connectivity index (χ2n) is 6.72. The van der Waals surface area contributed by atoms with E-state index in [1.165, 1.54) is 19.3 Å². The van der Waals surface area contributed by atoms with Crippen LogP contribution in [0.5, 0.6) is 0 Å². The number of rotatable bonds is 1. The molecule has 0 aromatic carbocycles. The third kappa shape index (κ3) is 1.70. The molecule has 1 saturated carbocycles. The van der Waals surface area contributed by atoms with Gasteiger partial charge in [-0.3, -0.25) is 0 Å². The third-order valence-electron chi connectivity index (χ3n) is 4.05. The fourth-order valence-corrected chi connectivity index (χ4v) is 4.31. The van der Waals surface area contributed by atoms with Crippen molar-refractivity contribution in [3.05, 3.63) is 0 Å². The fraction of sp³-hybridized carbons (Fsp3) is 1.00. The van der Waals surface area contributed by atoms with Crippen molar-refractivity contribution in [2.24, 2.45) is 16.2 Å². The number of nitrogens with one attached hydrogen (secondary N) is 1. The predicted molar refractivity (Wildman–Crippen MR) is 58.1 cm³/mol. The number of fused-ring (bicyclic) bond motifs is 2. The Morgan fingerprint density at radius 2 is 1.50 bits per heavy atom. The topological polar surface area (TPSA) is 32.3 Å². The molecule has 2 aliphatic rings. The first-order chi connectivity index (χ1) is 6.39. The monoisotopic (exact) mass is 197 g/mol. The van der Waals surface area contributed by atoms with E-state index in [0.717, 1.165) is 13.1 Å². The van der Waals surface area contributed by atoms with Crippen LogP contribution in [0.4, 0.5) is 0 Å². The highest BCUT2D eigenvalue weighted by Crippen LogP contribution is 2.55. The number of piperidine rings is 1. The molecule has 2 rings (SSSR count). The first kappa shape index (κ1) is 10.4. The molecular formula is C12H23NO. The van der Waals surface area contributed by atoms with Gasteiger partial charge in [0.2, 0.25) is 0 Å². The summed E-state index contributed by atoms with van der Waals surface area (Å²) in [4.78, 5) is 0. The van der Waals surface area contributed by atoms with Gasteiger partial charge in [0.1, 0.15) is 0 Å². The van der Waals surface area contributed by atoms with Crippen LogP contribution in [0.15, 0.2) is 0 Å². The van der Waals surface area contributed by atoms with Crippen LogP contribution in [0.1, 0.15) is 40.0 Å². The highest BCUT2D eigenvalue weighted by Gasteiger charge is 2.50. The Hall–Kier alpha value is -0.0800. The average molecular weight is 197 g/mol. The summed E-state index contributed by atoms with van der Waals surface area (Å²) in [6, 6.07) is 0. The molecule has 2 heteroatoms. The number of aliphatic hydroxyl groups is 1. The normalized spacial score (nSPS) is 53.1. The van der Waals surface area contributed by atoms with Gasteiger partial charge in [-0.25, -0.2) is 0 Å². The quantitative estimate of drug-likeness (QED) is 0.671. The van der Waals surface area contributed by atoms with Gasteiger partial charge in [-0.2, -0.15) is 0 Å². The number of hydrogen-bond acceptors (Lipinski definition) is 2. The zero-order valence-corrected chi connectivity index (χ0v) is 9.69. The van der Waals surface area contributed by atoms with Crippen molar-refractivity contribution in [1.82, 2.24) is 5.32 Å². The summed E-state index contributed by atoms with van der Waals surface area (Å²) in [5, 5.41) is 13.1. The van der Waals surface area contributed by atoms with Gasteiger partial charge in [-0.05, 0) is 35.5 Å². The Morgan fingerprint density at radius 3 is 1.93 bits per heavy atom. The fourth-order valence-electron chi connectivity index (χ4n) is 4.31. The van der Waals surface area contributed by atoms with Gasteiger partial charge in [-0.1, -0.05) is 20.8 Å². The molecule has 0 aromatic rings. The van der Waals surface area contributed by atoms with Crippen molar-refractivity contribution < 1.29 is 5.11 Å². The van der Waals surface area contributed by atoms with Crippen LogP contribution in [0, 0.1) is 16.2 Å². The minimum absolute atomic E-state index is 0.157. The van der Waals surface area contributed by atoms with Crippen LogP contribution in [0.2, 0.25) is 0 Å². The summed E-state index contributed by atoms with van der Waals surface area (Å²) in [7, 11) is 0. The Kier molecular flexibility index (Phi) is 2.20. The minimum atomic E-state index is 0.157. The maximum atomic E-state index is 9.51. The summed E-state index contributed by atoms with van der Waals surface area (Å²) in [5.41, 5.74) is 0.968. The molecule has 2 N–H and O–H groups in total. The molecule has 0 amide bonds. The smallest absolute Gasteiger partial charge is 0.0485 e. The molecule has 2 nitrogen and oxygen atoms in total. The molecule has 1 aliphatic heterocycles. The molecule has 0 radical (unpaired) electrons. The van der Waals surface area contributed by atoms with Crippen LogP contribution in [0.25, 0.3) is 0 Å². The maximum Gasteiger partial charge on any atom is 0.0485 e. The van der Waals surface area contributed by atoms with E-state index in [-0.39, 0.29) is 5.41 Å². The van der Waals surface area contributed by atoms with Crippen molar-refractivity contribution in [3.8, 4) is 0 Å². The van der Waals surface area contributed by atoms with Crippen LogP contribution < -0.4 is 5.32 Å². The molecule has 82 valence electrons. The highest BCUT2D eigenvalue weighted by molar-refractivity contribution is 5.03. The van der Waals surface area contributed by atoms with E-state index >= 15 is 0 Å². The van der Waals surface area contributed by atoms with Crippen LogP contribution in [-0.2, 0) is 0 Å². The van der Waals surface area contributed by atoms with Gasteiger partial charge in [0, 0.05) is 19.7 Å². The van der Waals surface area contributed by atoms with Gasteiger partial charge in [0.25, 0.3) is 0 Å². The predicted octanol–water partition coefficient (Wildman–Crippen LogP) is 1.78. The molecule has 14 heavy (non-hydrogen) atoms. The lowest BCUT2D eigenvalue weighted by Gasteiger charge is -2.56. The highest BCUT2D eigenvalue weighted by atomic mass is 16.3. The first-order valence-electron chi connectivity index (χ1n) is 5.71. The second kappa shape index (κ2) is 2.96. The van der Waals surface area contributed by atoms with E-state index in [4.69, 9.17) is 0 Å². The van der Waals surface area contributed by atoms with Gasteiger partial charge in [0.15, 0.2) is 0 Å². The molecule has 1 heterocycles. The largest absolute Gasteiger partial charge is 0.396 e. The molecule has 1 aliphatic carbocycles. The summed E-state index contributed by atoms with van der Waals surface area (Å²) in [6.07, 6.45) is 3.65. The van der Waals surface area contributed by atoms with Gasteiger partial charge >= 0.3 is 0 Å². The zero-order chi connectivity index (χ0) is 10.4. The van der Waals surface area contributed by atoms with Crippen molar-refractivity contribution in [3.63, 3.8) is 0 Å². The second-order valence-corrected chi connectivity index (χ2v) is 6.72. The molecule has 2 unspecified atom stereocenters. The lowest BCUT2D eigenvalue weighted by Crippen LogP contribution is -2.56. The summed E-state index contributed by atoms with van der Waals surface area (Å²) < 4.78 is 0. The van der Waals surface area contributed by atoms with E-state index in [2.05, 4.69) is 26.1 Å². The standard InChI is InChI=1S/C12H23NO/c1-10-4-11(2,8-13-7-10)6-12(3,5-10)9-14/h13-14H,4-9H2,1-3H3. The SMILES string of the molecule is CC1(CO)CC2(C)CNCC(C)(C1)C2. The molecule has 0 aromatic heterocycles. The van der Waals surface area contributed by atoms with Crippen LogP contribution in [0.3, 0.4) is 0 Å². The molecular weight excluding hydrogens is 174 g/mol. The summed E-state index contributed by atoms with van der Waals surface area (Å²) >= 11 is 0. The summed E-state index contributed by atoms with van der Waals surface area (Å²) in [6.45, 7) is 9.57. The van der Waals surface area contributed by atoms with Crippen LogP contribution in [-0.4, -0.2) is 24.8 Å². The average Bonchev–Trinajstić information content (AvgIpc) is 1.99. The summed E-state index contributed by atoms with van der Waals surface area (Å²) in [5.74, 6) is 0. The number of hydrogen-bond donors (Lipinski definition) is 2. The molecule has 2 atom stereocenters. The lowest BCUT2D eigenvalue weighted by molar-refractivity contribution is -0.0605. The van der Waals surface area contributed by atoms with Gasteiger partial charge < -0.3 is 10.4 Å². The zero-order valence-electron chi connectivity index (χ0n) is 9.69.